The monoisotopic (exact) mass is 216 g/mol. The lowest BCUT2D eigenvalue weighted by Crippen LogP contribution is -2.02. The number of aromatic nitrogens is 1. The molecule has 0 aliphatic carbocycles. The van der Waals surface area contributed by atoms with E-state index in [1.807, 2.05) is 0 Å². The maximum atomic E-state index is 12.4. The number of carbonyl (C=O) groups excluding carboxylic acids is 1. The summed E-state index contributed by atoms with van der Waals surface area (Å²) < 4.78 is 24.9. The van der Waals surface area contributed by atoms with Crippen molar-refractivity contribution in [2.24, 2.45) is 0 Å². The third-order valence-electron chi connectivity index (χ3n) is 1.54. The first-order chi connectivity index (χ1) is 6.57. The Morgan fingerprint density at radius 1 is 1.57 bits per heavy atom. The molecule has 0 N–H and O–H groups in total. The Balaban J connectivity index is 3.45. The summed E-state index contributed by atoms with van der Waals surface area (Å²) in [5, 5.41) is 7.44. The summed E-state index contributed by atoms with van der Waals surface area (Å²) in [7, 11) is 0. The van der Waals surface area contributed by atoms with Gasteiger partial charge < -0.3 is 0 Å². The lowest BCUT2D eigenvalue weighted by atomic mass is 10.1. The molecular formula is C8H3ClF2N2O. The largest absolute Gasteiger partial charge is 0.276 e. The zero-order chi connectivity index (χ0) is 10.7. The Morgan fingerprint density at radius 2 is 2.21 bits per heavy atom. The Labute approximate surface area is 82.9 Å². The van der Waals surface area contributed by atoms with E-state index in [9.17, 15) is 13.6 Å². The van der Waals surface area contributed by atoms with Gasteiger partial charge in [-0.1, -0.05) is 0 Å². The lowest BCUT2D eigenvalue weighted by molar-refractivity contribution is 0.106. The lowest BCUT2D eigenvalue weighted by Gasteiger charge is -2.05. The van der Waals surface area contributed by atoms with Gasteiger partial charge in [0.25, 0.3) is 11.7 Å². The summed E-state index contributed by atoms with van der Waals surface area (Å²) in [5.74, 6) is 0. The molecule has 72 valence electrons. The molecular weight excluding hydrogens is 214 g/mol. The first-order valence-corrected chi connectivity index (χ1v) is 3.81. The van der Waals surface area contributed by atoms with Crippen LogP contribution in [0.4, 0.5) is 8.78 Å². The van der Waals surface area contributed by atoms with Crippen molar-refractivity contribution in [3.63, 3.8) is 0 Å². The number of hydrogen-bond donors (Lipinski definition) is 0. The molecule has 0 amide bonds. The summed E-state index contributed by atoms with van der Waals surface area (Å²) in [6.07, 6.45) is -1.05. The van der Waals surface area contributed by atoms with Crippen LogP contribution < -0.4 is 0 Å². The fourth-order valence-electron chi connectivity index (χ4n) is 0.951. The summed E-state index contributed by atoms with van der Waals surface area (Å²) in [4.78, 5) is 14.2. The Morgan fingerprint density at radius 3 is 2.64 bits per heavy atom. The molecule has 6 heteroatoms. The third-order valence-corrected chi connectivity index (χ3v) is 1.74. The van der Waals surface area contributed by atoms with Crippen LogP contribution in [0.1, 0.15) is 27.9 Å². The molecule has 1 rings (SSSR count). The minimum atomic E-state index is -2.93. The van der Waals surface area contributed by atoms with Gasteiger partial charge in [-0.05, 0) is 11.6 Å². The third kappa shape index (κ3) is 1.86. The Kier molecular flexibility index (Phi) is 3.10. The number of alkyl halides is 2. The van der Waals surface area contributed by atoms with Gasteiger partial charge in [-0.2, -0.15) is 5.26 Å². The first-order valence-electron chi connectivity index (χ1n) is 3.44. The zero-order valence-electron chi connectivity index (χ0n) is 6.67. The fourth-order valence-corrected chi connectivity index (χ4v) is 1.10. The van der Waals surface area contributed by atoms with Crippen LogP contribution in [-0.2, 0) is 0 Å². The normalized spacial score (nSPS) is 9.93. The van der Waals surface area contributed by atoms with Gasteiger partial charge in [0.2, 0.25) is 0 Å². The molecule has 1 aromatic rings. The van der Waals surface area contributed by atoms with E-state index in [1.165, 1.54) is 6.07 Å². The molecule has 0 radical (unpaired) electrons. The topological polar surface area (TPSA) is 53.8 Å². The van der Waals surface area contributed by atoms with E-state index in [1.54, 1.807) is 0 Å². The van der Waals surface area contributed by atoms with E-state index >= 15 is 0 Å². The number of carbonyl (C=O) groups is 1. The predicted octanol–water partition coefficient (Wildman–Crippen LogP) is 2.27. The molecule has 0 bridgehead atoms. The molecule has 3 nitrogen and oxygen atoms in total. The van der Waals surface area contributed by atoms with Crippen molar-refractivity contribution in [1.29, 1.82) is 5.26 Å². The van der Waals surface area contributed by atoms with Crippen molar-refractivity contribution < 1.29 is 13.6 Å². The molecule has 0 aliphatic rings. The zero-order valence-corrected chi connectivity index (χ0v) is 7.42. The van der Waals surface area contributed by atoms with E-state index in [0.29, 0.717) is 0 Å². The van der Waals surface area contributed by atoms with Crippen LogP contribution in [0.2, 0.25) is 0 Å². The van der Waals surface area contributed by atoms with Crippen LogP contribution in [0.5, 0.6) is 0 Å². The highest BCUT2D eigenvalue weighted by Crippen LogP contribution is 2.26. The molecule has 1 heterocycles. The molecule has 0 unspecified atom stereocenters. The van der Waals surface area contributed by atoms with Crippen molar-refractivity contribution in [3.05, 3.63) is 29.1 Å². The predicted molar refractivity (Wildman–Crippen MR) is 44.1 cm³/mol. The van der Waals surface area contributed by atoms with Gasteiger partial charge in [0.1, 0.15) is 6.07 Å². The number of hydrogen-bond acceptors (Lipinski definition) is 3. The standard InChI is InChI=1S/C8H3ClF2N2O/c9-7(14)5-3-13-2-4(1-12)6(5)8(10)11/h2-3,8H. The number of nitrogens with zero attached hydrogens (tertiary/aromatic N) is 2. The molecule has 14 heavy (non-hydrogen) atoms. The van der Waals surface area contributed by atoms with Crippen molar-refractivity contribution >= 4 is 16.8 Å². The van der Waals surface area contributed by atoms with Crippen LogP contribution in [0.3, 0.4) is 0 Å². The highest BCUT2D eigenvalue weighted by atomic mass is 35.5. The second-order valence-corrected chi connectivity index (χ2v) is 2.68. The van der Waals surface area contributed by atoms with Gasteiger partial charge in [-0.25, -0.2) is 8.78 Å². The van der Waals surface area contributed by atoms with Gasteiger partial charge >= 0.3 is 0 Å². The second kappa shape index (κ2) is 4.11. The summed E-state index contributed by atoms with van der Waals surface area (Å²) in [6, 6.07) is 1.52. The van der Waals surface area contributed by atoms with Gasteiger partial charge in [0.05, 0.1) is 16.7 Å². The van der Waals surface area contributed by atoms with E-state index < -0.39 is 22.8 Å². The minimum absolute atomic E-state index is 0.341. The Bertz CT molecular complexity index is 414. The van der Waals surface area contributed by atoms with Crippen molar-refractivity contribution in [2.45, 2.75) is 6.43 Å². The molecule has 0 atom stereocenters. The van der Waals surface area contributed by atoms with Crippen LogP contribution in [0, 0.1) is 11.3 Å². The molecule has 0 aromatic carbocycles. The fraction of sp³-hybridized carbons (Fsp3) is 0.125. The van der Waals surface area contributed by atoms with E-state index in [0.717, 1.165) is 12.4 Å². The maximum Gasteiger partial charge on any atom is 0.265 e. The molecule has 0 fully saturated rings. The van der Waals surface area contributed by atoms with Crippen LogP contribution in [0.15, 0.2) is 12.4 Å². The number of rotatable bonds is 2. The summed E-state index contributed by atoms with van der Waals surface area (Å²) in [6.45, 7) is 0. The van der Waals surface area contributed by atoms with Crippen LogP contribution in [0.25, 0.3) is 0 Å². The molecule has 0 aliphatic heterocycles. The smallest absolute Gasteiger partial charge is 0.265 e. The second-order valence-electron chi connectivity index (χ2n) is 2.33. The van der Waals surface area contributed by atoms with Crippen LogP contribution in [-0.4, -0.2) is 10.2 Å². The number of nitriles is 1. The molecule has 1 aromatic heterocycles. The quantitative estimate of drug-likeness (QED) is 0.713. The highest BCUT2D eigenvalue weighted by molar-refractivity contribution is 6.67. The first kappa shape index (κ1) is 10.5. The summed E-state index contributed by atoms with van der Waals surface area (Å²) in [5.41, 5.74) is -1.44. The number of halogens is 3. The van der Waals surface area contributed by atoms with E-state index in [4.69, 9.17) is 16.9 Å². The minimum Gasteiger partial charge on any atom is -0.276 e. The van der Waals surface area contributed by atoms with E-state index in [-0.39, 0.29) is 5.56 Å². The molecule has 0 spiro atoms. The summed E-state index contributed by atoms with van der Waals surface area (Å²) >= 11 is 5.06. The van der Waals surface area contributed by atoms with Gasteiger partial charge in [-0.15, -0.1) is 0 Å². The van der Waals surface area contributed by atoms with E-state index in [2.05, 4.69) is 4.98 Å². The average Bonchev–Trinajstić information content (AvgIpc) is 2.16. The number of pyridine rings is 1. The maximum absolute atomic E-state index is 12.4. The SMILES string of the molecule is N#Cc1cncc(C(=O)Cl)c1C(F)F. The highest BCUT2D eigenvalue weighted by Gasteiger charge is 2.21. The van der Waals surface area contributed by atoms with Crippen molar-refractivity contribution in [3.8, 4) is 6.07 Å². The molecule has 0 saturated heterocycles. The van der Waals surface area contributed by atoms with Crippen LogP contribution >= 0.6 is 11.6 Å². The van der Waals surface area contributed by atoms with Gasteiger partial charge in [0, 0.05) is 12.4 Å². The van der Waals surface area contributed by atoms with Gasteiger partial charge in [0.15, 0.2) is 0 Å². The van der Waals surface area contributed by atoms with Crippen molar-refractivity contribution in [2.75, 3.05) is 0 Å². The van der Waals surface area contributed by atoms with Gasteiger partial charge in [-0.3, -0.25) is 9.78 Å². The molecule has 0 saturated carbocycles. The average molecular weight is 217 g/mol. The van der Waals surface area contributed by atoms with Crippen molar-refractivity contribution in [1.82, 2.24) is 4.98 Å². The Hall–Kier alpha value is -1.54.